The van der Waals surface area contributed by atoms with Crippen molar-refractivity contribution in [3.63, 3.8) is 0 Å². The van der Waals surface area contributed by atoms with Gasteiger partial charge in [-0.25, -0.2) is 4.79 Å². The molecule has 1 heterocycles. The van der Waals surface area contributed by atoms with Crippen LogP contribution in [-0.2, 0) is 6.54 Å². The number of hydrogen-bond donors (Lipinski definition) is 2. The van der Waals surface area contributed by atoms with Crippen LogP contribution < -0.4 is 10.6 Å². The fourth-order valence-corrected chi connectivity index (χ4v) is 2.73. The quantitative estimate of drug-likeness (QED) is 0.742. The molecule has 0 spiro atoms. The van der Waals surface area contributed by atoms with E-state index < -0.39 is 0 Å². The Morgan fingerprint density at radius 1 is 1.00 bits per heavy atom. The molecule has 0 bridgehead atoms. The first-order valence-corrected chi connectivity index (χ1v) is 7.26. The van der Waals surface area contributed by atoms with Crippen molar-refractivity contribution in [3.05, 3.63) is 64.9 Å². The van der Waals surface area contributed by atoms with Crippen LogP contribution in [0.5, 0.6) is 0 Å². The van der Waals surface area contributed by atoms with E-state index in [1.54, 1.807) is 11.3 Å². The third kappa shape index (κ3) is 2.81. The maximum Gasteiger partial charge on any atom is 0.319 e. The Labute approximate surface area is 121 Å². The molecule has 4 heteroatoms. The molecule has 3 aromatic rings. The fourth-order valence-electron chi connectivity index (χ4n) is 2.08. The number of benzene rings is 2. The van der Waals surface area contributed by atoms with Crippen molar-refractivity contribution in [3.8, 4) is 0 Å². The van der Waals surface area contributed by atoms with Gasteiger partial charge >= 0.3 is 6.03 Å². The van der Waals surface area contributed by atoms with E-state index in [0.717, 1.165) is 21.3 Å². The van der Waals surface area contributed by atoms with Crippen molar-refractivity contribution < 1.29 is 4.79 Å². The molecule has 3 nitrogen and oxygen atoms in total. The summed E-state index contributed by atoms with van der Waals surface area (Å²) in [7, 11) is 0. The van der Waals surface area contributed by atoms with Gasteiger partial charge in [-0.2, -0.15) is 0 Å². The standard InChI is InChI=1S/C16H14N2OS/c19-16(17-11-13-7-4-10-20-13)18-15-9-3-6-12-5-1-2-8-14(12)15/h1-10H,11H2,(H2,17,18,19). The summed E-state index contributed by atoms with van der Waals surface area (Å²) in [6.07, 6.45) is 0. The molecule has 0 radical (unpaired) electrons. The van der Waals surface area contributed by atoms with Gasteiger partial charge in [-0.05, 0) is 22.9 Å². The molecule has 3 rings (SSSR count). The summed E-state index contributed by atoms with van der Waals surface area (Å²) in [4.78, 5) is 13.1. The van der Waals surface area contributed by atoms with Crippen molar-refractivity contribution in [1.29, 1.82) is 0 Å². The maximum atomic E-state index is 11.9. The number of nitrogens with one attached hydrogen (secondary N) is 2. The van der Waals surface area contributed by atoms with Gasteiger partial charge in [-0.15, -0.1) is 11.3 Å². The largest absolute Gasteiger partial charge is 0.333 e. The first-order chi connectivity index (χ1) is 9.83. The van der Waals surface area contributed by atoms with Crippen LogP contribution >= 0.6 is 11.3 Å². The number of rotatable bonds is 3. The Hall–Kier alpha value is -2.33. The van der Waals surface area contributed by atoms with Crippen molar-refractivity contribution in [1.82, 2.24) is 5.32 Å². The second-order valence-corrected chi connectivity index (χ2v) is 5.45. The Kier molecular flexibility index (Phi) is 3.65. The first kappa shape index (κ1) is 12.7. The summed E-state index contributed by atoms with van der Waals surface area (Å²) in [5.41, 5.74) is 0.826. The highest BCUT2D eigenvalue weighted by Crippen LogP contribution is 2.22. The van der Waals surface area contributed by atoms with Crippen LogP contribution in [0.25, 0.3) is 10.8 Å². The number of thiophene rings is 1. The van der Waals surface area contributed by atoms with E-state index in [9.17, 15) is 4.79 Å². The second-order valence-electron chi connectivity index (χ2n) is 4.41. The molecule has 2 N–H and O–H groups in total. The Morgan fingerprint density at radius 3 is 2.70 bits per heavy atom. The summed E-state index contributed by atoms with van der Waals surface area (Å²) >= 11 is 1.63. The molecule has 0 atom stereocenters. The highest BCUT2D eigenvalue weighted by molar-refractivity contribution is 7.09. The monoisotopic (exact) mass is 282 g/mol. The van der Waals surface area contributed by atoms with Gasteiger partial charge < -0.3 is 10.6 Å². The molecule has 0 aliphatic heterocycles. The normalized spacial score (nSPS) is 10.4. The number of hydrogen-bond acceptors (Lipinski definition) is 2. The van der Waals surface area contributed by atoms with Gasteiger partial charge in [0.25, 0.3) is 0 Å². The van der Waals surface area contributed by atoms with Crippen LogP contribution in [-0.4, -0.2) is 6.03 Å². The summed E-state index contributed by atoms with van der Waals surface area (Å²) in [6.45, 7) is 0.550. The molecule has 100 valence electrons. The van der Waals surface area contributed by atoms with Crippen molar-refractivity contribution in [2.45, 2.75) is 6.54 Å². The smallest absolute Gasteiger partial charge is 0.319 e. The van der Waals surface area contributed by atoms with E-state index in [0.29, 0.717) is 6.54 Å². The minimum atomic E-state index is -0.185. The van der Waals surface area contributed by atoms with Gasteiger partial charge in [0.15, 0.2) is 0 Å². The molecular weight excluding hydrogens is 268 g/mol. The van der Waals surface area contributed by atoms with E-state index >= 15 is 0 Å². The number of carbonyl (C=O) groups is 1. The summed E-state index contributed by atoms with van der Waals surface area (Å²) < 4.78 is 0. The molecule has 0 saturated heterocycles. The van der Waals surface area contributed by atoms with Crippen LogP contribution in [0.2, 0.25) is 0 Å². The van der Waals surface area contributed by atoms with Crippen LogP contribution in [0.3, 0.4) is 0 Å². The maximum absolute atomic E-state index is 11.9. The van der Waals surface area contributed by atoms with Gasteiger partial charge in [0.2, 0.25) is 0 Å². The zero-order valence-electron chi connectivity index (χ0n) is 10.8. The SMILES string of the molecule is O=C(NCc1cccs1)Nc1cccc2ccccc12. The number of amides is 2. The lowest BCUT2D eigenvalue weighted by Gasteiger charge is -2.09. The molecule has 0 aliphatic carbocycles. The third-order valence-electron chi connectivity index (χ3n) is 3.04. The van der Waals surface area contributed by atoms with Gasteiger partial charge in [0.05, 0.1) is 12.2 Å². The van der Waals surface area contributed by atoms with E-state index in [2.05, 4.69) is 10.6 Å². The lowest BCUT2D eigenvalue weighted by atomic mass is 10.1. The molecule has 0 aliphatic rings. The number of carbonyl (C=O) groups excluding carboxylic acids is 1. The van der Waals surface area contributed by atoms with Gasteiger partial charge in [0.1, 0.15) is 0 Å². The van der Waals surface area contributed by atoms with E-state index in [4.69, 9.17) is 0 Å². The molecule has 0 fully saturated rings. The predicted molar refractivity (Wildman–Crippen MR) is 84.1 cm³/mol. The van der Waals surface area contributed by atoms with E-state index in [-0.39, 0.29) is 6.03 Å². The average Bonchev–Trinajstić information content (AvgIpc) is 2.99. The second kappa shape index (κ2) is 5.75. The fraction of sp³-hybridized carbons (Fsp3) is 0.0625. The van der Waals surface area contributed by atoms with Crippen LogP contribution in [0, 0.1) is 0 Å². The highest BCUT2D eigenvalue weighted by atomic mass is 32.1. The van der Waals surface area contributed by atoms with Crippen molar-refractivity contribution in [2.24, 2.45) is 0 Å². The van der Waals surface area contributed by atoms with Gasteiger partial charge in [-0.1, -0.05) is 42.5 Å². The van der Waals surface area contributed by atoms with E-state index in [1.165, 1.54) is 0 Å². The van der Waals surface area contributed by atoms with Crippen LogP contribution in [0.15, 0.2) is 60.0 Å². The van der Waals surface area contributed by atoms with Crippen molar-refractivity contribution >= 4 is 33.8 Å². The molecular formula is C16H14N2OS. The van der Waals surface area contributed by atoms with Crippen LogP contribution in [0.1, 0.15) is 4.88 Å². The first-order valence-electron chi connectivity index (χ1n) is 6.38. The lowest BCUT2D eigenvalue weighted by Crippen LogP contribution is -2.27. The van der Waals surface area contributed by atoms with Gasteiger partial charge in [0, 0.05) is 10.3 Å². The third-order valence-corrected chi connectivity index (χ3v) is 3.92. The zero-order chi connectivity index (χ0) is 13.8. The zero-order valence-corrected chi connectivity index (χ0v) is 11.6. The topological polar surface area (TPSA) is 41.1 Å². The predicted octanol–water partition coefficient (Wildman–Crippen LogP) is 4.22. The van der Waals surface area contributed by atoms with E-state index in [1.807, 2.05) is 60.0 Å². The van der Waals surface area contributed by atoms with Crippen molar-refractivity contribution in [2.75, 3.05) is 5.32 Å². The number of anilines is 1. The average molecular weight is 282 g/mol. The molecule has 0 saturated carbocycles. The summed E-state index contributed by atoms with van der Waals surface area (Å²) in [5.74, 6) is 0. The summed E-state index contributed by atoms with van der Waals surface area (Å²) in [6, 6.07) is 17.7. The minimum Gasteiger partial charge on any atom is -0.333 e. The molecule has 1 aromatic heterocycles. The number of fused-ring (bicyclic) bond motifs is 1. The van der Waals surface area contributed by atoms with Gasteiger partial charge in [-0.3, -0.25) is 0 Å². The molecule has 0 unspecified atom stereocenters. The Morgan fingerprint density at radius 2 is 1.85 bits per heavy atom. The summed E-state index contributed by atoms with van der Waals surface area (Å²) in [5, 5.41) is 9.92. The highest BCUT2D eigenvalue weighted by Gasteiger charge is 2.05. The molecule has 2 aromatic carbocycles. The van der Waals surface area contributed by atoms with Crippen LogP contribution in [0.4, 0.5) is 10.5 Å². The lowest BCUT2D eigenvalue weighted by molar-refractivity contribution is 0.252. The minimum absolute atomic E-state index is 0.185. The Bertz CT molecular complexity index is 717. The Balaban J connectivity index is 1.71. The number of urea groups is 1. The molecule has 2 amide bonds. The molecule has 20 heavy (non-hydrogen) atoms.